The van der Waals surface area contributed by atoms with Crippen molar-refractivity contribution in [2.45, 2.75) is 37.4 Å². The van der Waals surface area contributed by atoms with Crippen LogP contribution in [-0.4, -0.2) is 31.6 Å². The maximum atomic E-state index is 5.44. The summed E-state index contributed by atoms with van der Waals surface area (Å²) in [6.45, 7) is 7.02. The second-order valence-electron chi connectivity index (χ2n) is 5.15. The molecule has 1 aliphatic rings. The molecule has 1 aliphatic heterocycles. The molecule has 106 valence electrons. The zero-order valence-electron chi connectivity index (χ0n) is 11.9. The summed E-state index contributed by atoms with van der Waals surface area (Å²) in [5, 5.41) is 4.10. The van der Waals surface area contributed by atoms with Gasteiger partial charge in [-0.15, -0.1) is 11.8 Å². The lowest BCUT2D eigenvalue weighted by molar-refractivity contribution is 0.0455. The summed E-state index contributed by atoms with van der Waals surface area (Å²) in [4.78, 5) is 0. The van der Waals surface area contributed by atoms with Crippen LogP contribution in [0, 0.1) is 0 Å². The third kappa shape index (κ3) is 4.41. The van der Waals surface area contributed by atoms with E-state index < -0.39 is 0 Å². The smallest absolute Gasteiger partial charge is 0.122 e. The molecule has 0 spiro atoms. The van der Waals surface area contributed by atoms with Crippen molar-refractivity contribution in [1.82, 2.24) is 5.32 Å². The molecule has 4 heteroatoms. The van der Waals surface area contributed by atoms with Gasteiger partial charge in [-0.2, -0.15) is 0 Å². The summed E-state index contributed by atoms with van der Waals surface area (Å²) in [5.74, 6) is 1.98. The first-order valence-electron chi connectivity index (χ1n) is 6.77. The zero-order valence-corrected chi connectivity index (χ0v) is 12.8. The van der Waals surface area contributed by atoms with Crippen molar-refractivity contribution in [3.05, 3.63) is 29.3 Å². The molecule has 0 bridgehead atoms. The van der Waals surface area contributed by atoms with Gasteiger partial charge in [0, 0.05) is 23.9 Å². The standard InChI is InChI=1S/C15H23NO2S/c1-11(2)16-7-12-4-5-15(17-3)13(6-12)10-19-14-8-18-9-14/h4-6,11,14,16H,7-10H2,1-3H3. The molecule has 0 saturated carbocycles. The molecule has 2 rings (SSSR count). The van der Waals surface area contributed by atoms with Crippen molar-refractivity contribution in [1.29, 1.82) is 0 Å². The number of hydrogen-bond donors (Lipinski definition) is 1. The first-order chi connectivity index (χ1) is 9.19. The minimum absolute atomic E-state index is 0.507. The van der Waals surface area contributed by atoms with Gasteiger partial charge in [0.1, 0.15) is 5.75 Å². The number of benzene rings is 1. The largest absolute Gasteiger partial charge is 0.496 e. The van der Waals surface area contributed by atoms with Gasteiger partial charge < -0.3 is 14.8 Å². The average Bonchev–Trinajstić information content (AvgIpc) is 2.34. The number of ether oxygens (including phenoxy) is 2. The monoisotopic (exact) mass is 281 g/mol. The molecule has 0 radical (unpaired) electrons. The molecular weight excluding hydrogens is 258 g/mol. The third-order valence-electron chi connectivity index (χ3n) is 3.14. The lowest BCUT2D eigenvalue weighted by Gasteiger charge is -2.25. The topological polar surface area (TPSA) is 30.5 Å². The Labute approximate surface area is 120 Å². The molecular formula is C15H23NO2S. The van der Waals surface area contributed by atoms with Gasteiger partial charge in [-0.3, -0.25) is 0 Å². The Morgan fingerprint density at radius 3 is 2.79 bits per heavy atom. The van der Waals surface area contributed by atoms with Crippen LogP contribution in [0.4, 0.5) is 0 Å². The maximum Gasteiger partial charge on any atom is 0.122 e. The van der Waals surface area contributed by atoms with Crippen molar-refractivity contribution in [3.8, 4) is 5.75 Å². The molecule has 0 amide bonds. The molecule has 0 atom stereocenters. The Bertz CT molecular complexity index is 405. The van der Waals surface area contributed by atoms with Gasteiger partial charge in [0.2, 0.25) is 0 Å². The van der Waals surface area contributed by atoms with Crippen LogP contribution in [0.2, 0.25) is 0 Å². The van der Waals surface area contributed by atoms with E-state index in [4.69, 9.17) is 9.47 Å². The highest BCUT2D eigenvalue weighted by molar-refractivity contribution is 7.99. The fraction of sp³-hybridized carbons (Fsp3) is 0.600. The van der Waals surface area contributed by atoms with Crippen LogP contribution < -0.4 is 10.1 Å². The third-order valence-corrected chi connectivity index (χ3v) is 4.36. The summed E-state index contributed by atoms with van der Waals surface area (Å²) < 4.78 is 10.7. The quantitative estimate of drug-likeness (QED) is 0.832. The summed E-state index contributed by atoms with van der Waals surface area (Å²) >= 11 is 1.95. The van der Waals surface area contributed by atoms with Gasteiger partial charge in [-0.1, -0.05) is 19.9 Å². The minimum Gasteiger partial charge on any atom is -0.496 e. The molecule has 1 aromatic rings. The molecule has 0 aliphatic carbocycles. The van der Waals surface area contributed by atoms with E-state index in [2.05, 4.69) is 37.4 Å². The van der Waals surface area contributed by atoms with Crippen molar-refractivity contribution < 1.29 is 9.47 Å². The van der Waals surface area contributed by atoms with Crippen LogP contribution in [0.5, 0.6) is 5.75 Å². The van der Waals surface area contributed by atoms with E-state index in [0.29, 0.717) is 11.3 Å². The molecule has 0 aromatic heterocycles. The van der Waals surface area contributed by atoms with Crippen LogP contribution in [0.15, 0.2) is 18.2 Å². The van der Waals surface area contributed by atoms with Crippen LogP contribution in [0.25, 0.3) is 0 Å². The average molecular weight is 281 g/mol. The van der Waals surface area contributed by atoms with E-state index in [0.717, 1.165) is 31.3 Å². The highest BCUT2D eigenvalue weighted by Gasteiger charge is 2.19. The fourth-order valence-corrected chi connectivity index (χ4v) is 2.92. The highest BCUT2D eigenvalue weighted by atomic mass is 32.2. The van der Waals surface area contributed by atoms with Gasteiger partial charge in [-0.25, -0.2) is 0 Å². The molecule has 1 N–H and O–H groups in total. The molecule has 19 heavy (non-hydrogen) atoms. The van der Waals surface area contributed by atoms with Gasteiger partial charge in [0.25, 0.3) is 0 Å². The van der Waals surface area contributed by atoms with Crippen LogP contribution in [0.1, 0.15) is 25.0 Å². The molecule has 1 fully saturated rings. The Morgan fingerprint density at radius 1 is 1.42 bits per heavy atom. The first kappa shape index (κ1) is 14.7. The summed E-state index contributed by atoms with van der Waals surface area (Å²) in [7, 11) is 1.74. The van der Waals surface area contributed by atoms with Crippen LogP contribution in [-0.2, 0) is 17.0 Å². The number of rotatable bonds is 7. The van der Waals surface area contributed by atoms with Crippen LogP contribution in [0.3, 0.4) is 0 Å². The van der Waals surface area contributed by atoms with E-state index >= 15 is 0 Å². The number of nitrogens with one attached hydrogen (secondary N) is 1. The zero-order chi connectivity index (χ0) is 13.7. The predicted octanol–water partition coefficient (Wildman–Crippen LogP) is 2.83. The summed E-state index contributed by atoms with van der Waals surface area (Å²) in [6.07, 6.45) is 0. The number of methoxy groups -OCH3 is 1. The fourth-order valence-electron chi connectivity index (χ4n) is 1.89. The second kappa shape index (κ2) is 7.17. The van der Waals surface area contributed by atoms with Crippen LogP contribution >= 0.6 is 11.8 Å². The lowest BCUT2D eigenvalue weighted by Crippen LogP contribution is -2.30. The molecule has 1 aromatic carbocycles. The maximum absolute atomic E-state index is 5.44. The Balaban J connectivity index is 1.97. The Kier molecular flexibility index (Phi) is 5.55. The van der Waals surface area contributed by atoms with Gasteiger partial charge in [-0.05, 0) is 17.7 Å². The highest BCUT2D eigenvalue weighted by Crippen LogP contribution is 2.29. The predicted molar refractivity (Wildman–Crippen MR) is 80.9 cm³/mol. The van der Waals surface area contributed by atoms with Crippen molar-refractivity contribution in [2.24, 2.45) is 0 Å². The summed E-state index contributed by atoms with van der Waals surface area (Å²) in [6, 6.07) is 6.96. The van der Waals surface area contributed by atoms with Crippen molar-refractivity contribution in [2.75, 3.05) is 20.3 Å². The minimum atomic E-state index is 0.507. The SMILES string of the molecule is COc1ccc(CNC(C)C)cc1CSC1COC1. The lowest BCUT2D eigenvalue weighted by atomic mass is 10.1. The Morgan fingerprint density at radius 2 is 2.21 bits per heavy atom. The normalized spacial score (nSPS) is 15.6. The van der Waals surface area contributed by atoms with E-state index in [1.165, 1.54) is 11.1 Å². The van der Waals surface area contributed by atoms with Gasteiger partial charge >= 0.3 is 0 Å². The molecule has 1 heterocycles. The summed E-state index contributed by atoms with van der Waals surface area (Å²) in [5.41, 5.74) is 2.59. The van der Waals surface area contributed by atoms with Gasteiger partial charge in [0.15, 0.2) is 0 Å². The van der Waals surface area contributed by atoms with E-state index in [9.17, 15) is 0 Å². The number of thioether (sulfide) groups is 1. The number of hydrogen-bond acceptors (Lipinski definition) is 4. The molecule has 3 nitrogen and oxygen atoms in total. The molecule has 0 unspecified atom stereocenters. The Hall–Kier alpha value is -0.710. The van der Waals surface area contributed by atoms with E-state index in [1.807, 2.05) is 11.8 Å². The van der Waals surface area contributed by atoms with Crippen molar-refractivity contribution >= 4 is 11.8 Å². The van der Waals surface area contributed by atoms with Gasteiger partial charge in [0.05, 0.1) is 25.6 Å². The van der Waals surface area contributed by atoms with E-state index in [1.54, 1.807) is 7.11 Å². The van der Waals surface area contributed by atoms with Crippen molar-refractivity contribution in [3.63, 3.8) is 0 Å². The van der Waals surface area contributed by atoms with E-state index in [-0.39, 0.29) is 0 Å². The first-order valence-corrected chi connectivity index (χ1v) is 7.82. The second-order valence-corrected chi connectivity index (χ2v) is 6.44. The molecule has 1 saturated heterocycles.